The van der Waals surface area contributed by atoms with E-state index in [9.17, 15) is 18.8 Å². The molecule has 2 amide bonds. The number of nitrogens with one attached hydrogen (secondary N) is 3. The van der Waals surface area contributed by atoms with E-state index in [0.29, 0.717) is 22.5 Å². The van der Waals surface area contributed by atoms with E-state index in [4.69, 9.17) is 10.2 Å². The van der Waals surface area contributed by atoms with E-state index >= 15 is 0 Å². The third-order valence-electron chi connectivity index (χ3n) is 4.73. The number of likely N-dealkylation sites (N-methyl/N-ethyl adjacent to an activating group) is 1. The Morgan fingerprint density at radius 3 is 2.31 bits per heavy atom. The summed E-state index contributed by atoms with van der Waals surface area (Å²) in [6.07, 6.45) is -2.06. The summed E-state index contributed by atoms with van der Waals surface area (Å²) in [5, 5.41) is 19.4. The summed E-state index contributed by atoms with van der Waals surface area (Å²) in [4.78, 5) is 39.7. The Hall–Kier alpha value is -3.83. The Balaban J connectivity index is 0.000000466. The monoisotopic (exact) mass is 487 g/mol. The molecule has 0 saturated carbocycles. The minimum absolute atomic E-state index is 0.328. The molecular weight excluding hydrogens is 457 g/mol. The summed E-state index contributed by atoms with van der Waals surface area (Å²) in [5.74, 6) is -1.87. The third-order valence-corrected chi connectivity index (χ3v) is 4.73. The van der Waals surface area contributed by atoms with E-state index in [2.05, 4.69) is 21.2 Å². The van der Waals surface area contributed by atoms with Crippen molar-refractivity contribution in [1.82, 2.24) is 16.2 Å². The molecule has 5 N–H and O–H groups in total. The lowest BCUT2D eigenvalue weighted by Crippen LogP contribution is -2.53. The first-order chi connectivity index (χ1) is 16.3. The molecule has 0 aromatic heterocycles. The highest BCUT2D eigenvalue weighted by Crippen LogP contribution is 2.27. The van der Waals surface area contributed by atoms with Gasteiger partial charge in [-0.2, -0.15) is 0 Å². The van der Waals surface area contributed by atoms with Crippen molar-refractivity contribution in [2.75, 3.05) is 11.9 Å². The van der Waals surface area contributed by atoms with Gasteiger partial charge in [0.25, 0.3) is 5.91 Å². The number of rotatable bonds is 5. The number of benzodiazepines with no additional fused rings is 1. The average molecular weight is 488 g/mol. The molecule has 0 radical (unpaired) electrons. The Bertz CT molecular complexity index is 1120. The fourth-order valence-corrected chi connectivity index (χ4v) is 3.07. The molecule has 3 rings (SSSR count). The molecule has 10 nitrogen and oxygen atoms in total. The molecule has 1 aliphatic rings. The number of fused-ring (bicyclic) bond motifs is 1. The van der Waals surface area contributed by atoms with Gasteiger partial charge >= 0.3 is 12.1 Å². The van der Waals surface area contributed by atoms with Crippen molar-refractivity contribution in [2.24, 2.45) is 4.99 Å². The lowest BCUT2D eigenvalue weighted by Gasteiger charge is -2.21. The van der Waals surface area contributed by atoms with Crippen LogP contribution in [0.25, 0.3) is 0 Å². The SMILES string of the molecule is CC(C)(C)NC(=O)O.C[C@H](NNC1N=C(c2cccc(F)c2)c2ccccc2N(C)C1=O)C(=O)O. The van der Waals surface area contributed by atoms with Crippen molar-refractivity contribution < 1.29 is 29.0 Å². The number of nitrogens with zero attached hydrogens (tertiary/aromatic N) is 2. The highest BCUT2D eigenvalue weighted by Gasteiger charge is 2.30. The molecule has 188 valence electrons. The number of benzene rings is 2. The van der Waals surface area contributed by atoms with E-state index in [1.807, 2.05) is 6.07 Å². The van der Waals surface area contributed by atoms with E-state index in [1.165, 1.54) is 24.0 Å². The quantitative estimate of drug-likeness (QED) is 0.408. The summed E-state index contributed by atoms with van der Waals surface area (Å²) in [6.45, 7) is 6.82. The zero-order valence-electron chi connectivity index (χ0n) is 20.2. The van der Waals surface area contributed by atoms with E-state index in [-0.39, 0.29) is 11.4 Å². The minimum Gasteiger partial charge on any atom is -0.480 e. The summed E-state index contributed by atoms with van der Waals surface area (Å²) in [6, 6.07) is 12.2. The van der Waals surface area contributed by atoms with E-state index < -0.39 is 30.1 Å². The van der Waals surface area contributed by atoms with Gasteiger partial charge in [0, 0.05) is 23.7 Å². The number of hydrazine groups is 1. The molecule has 2 aromatic rings. The Morgan fingerprint density at radius 1 is 1.11 bits per heavy atom. The Kier molecular flexibility index (Phi) is 9.04. The average Bonchev–Trinajstić information content (AvgIpc) is 2.86. The number of aliphatic carboxylic acids is 1. The van der Waals surface area contributed by atoms with Crippen LogP contribution >= 0.6 is 0 Å². The van der Waals surface area contributed by atoms with Crippen molar-refractivity contribution >= 4 is 29.4 Å². The summed E-state index contributed by atoms with van der Waals surface area (Å²) >= 11 is 0. The number of amides is 2. The molecule has 0 saturated heterocycles. The van der Waals surface area contributed by atoms with Crippen molar-refractivity contribution in [3.63, 3.8) is 0 Å². The smallest absolute Gasteiger partial charge is 0.405 e. The van der Waals surface area contributed by atoms with Crippen molar-refractivity contribution in [1.29, 1.82) is 0 Å². The molecular formula is C24H30FN5O5. The van der Waals surface area contributed by atoms with Gasteiger partial charge in [-0.05, 0) is 45.9 Å². The normalized spacial score (nSPS) is 16.2. The topological polar surface area (TPSA) is 143 Å². The zero-order valence-corrected chi connectivity index (χ0v) is 20.2. The molecule has 1 heterocycles. The Labute approximate surface area is 202 Å². The first-order valence-corrected chi connectivity index (χ1v) is 10.8. The van der Waals surface area contributed by atoms with Crippen LogP contribution in [0.5, 0.6) is 0 Å². The summed E-state index contributed by atoms with van der Waals surface area (Å²) in [7, 11) is 1.61. The van der Waals surface area contributed by atoms with Crippen LogP contribution in [0, 0.1) is 5.82 Å². The molecule has 1 aliphatic heterocycles. The minimum atomic E-state index is -1.08. The third kappa shape index (κ3) is 7.87. The molecule has 2 aromatic carbocycles. The van der Waals surface area contributed by atoms with Crippen LogP contribution in [-0.2, 0) is 9.59 Å². The number of anilines is 1. The maximum Gasteiger partial charge on any atom is 0.405 e. The van der Waals surface area contributed by atoms with Crippen LogP contribution in [-0.4, -0.2) is 58.7 Å². The highest BCUT2D eigenvalue weighted by atomic mass is 19.1. The van der Waals surface area contributed by atoms with Crippen LogP contribution in [0.2, 0.25) is 0 Å². The number of aliphatic imine (C=N–C) groups is 1. The van der Waals surface area contributed by atoms with Gasteiger partial charge in [-0.1, -0.05) is 30.3 Å². The standard InChI is InChI=1S/C19H19FN4O3.C5H11NO2/c1-11(19(26)27)22-23-17-18(25)24(2)15-9-4-3-8-14(15)16(21-17)12-6-5-7-13(20)10-12;1-5(2,3)6-4(7)8/h3-11,17,22-23H,1-2H3,(H,26,27);6H,1-3H3,(H,7,8)/t11-,17?;/m0./s1. The Morgan fingerprint density at radius 2 is 1.77 bits per heavy atom. The lowest BCUT2D eigenvalue weighted by molar-refractivity contribution is -0.139. The van der Waals surface area contributed by atoms with Gasteiger partial charge in [-0.25, -0.2) is 20.0 Å². The van der Waals surface area contributed by atoms with Gasteiger partial charge in [-0.15, -0.1) is 0 Å². The van der Waals surface area contributed by atoms with Crippen LogP contribution in [0.4, 0.5) is 14.9 Å². The van der Waals surface area contributed by atoms with Gasteiger partial charge in [0.2, 0.25) is 0 Å². The largest absolute Gasteiger partial charge is 0.480 e. The van der Waals surface area contributed by atoms with Gasteiger partial charge in [0.15, 0.2) is 6.17 Å². The molecule has 1 unspecified atom stereocenters. The predicted molar refractivity (Wildman–Crippen MR) is 130 cm³/mol. The molecule has 0 fully saturated rings. The molecule has 2 atom stereocenters. The number of para-hydroxylation sites is 1. The fraction of sp³-hybridized carbons (Fsp3) is 0.333. The maximum atomic E-state index is 13.8. The van der Waals surface area contributed by atoms with Crippen LogP contribution in [0.1, 0.15) is 38.8 Å². The van der Waals surface area contributed by atoms with Crippen LogP contribution < -0.4 is 21.1 Å². The second-order valence-electron chi connectivity index (χ2n) is 8.83. The van der Waals surface area contributed by atoms with Crippen molar-refractivity contribution in [3.05, 3.63) is 65.5 Å². The number of hydrogen-bond donors (Lipinski definition) is 5. The fourth-order valence-electron chi connectivity index (χ4n) is 3.07. The molecule has 0 spiro atoms. The van der Waals surface area contributed by atoms with Gasteiger partial charge in [0.05, 0.1) is 11.4 Å². The van der Waals surface area contributed by atoms with Crippen molar-refractivity contribution in [2.45, 2.75) is 45.4 Å². The van der Waals surface area contributed by atoms with E-state index in [1.54, 1.807) is 58.2 Å². The maximum absolute atomic E-state index is 13.8. The molecule has 0 aliphatic carbocycles. The number of carbonyl (C=O) groups excluding carboxylic acids is 1. The second-order valence-corrected chi connectivity index (χ2v) is 8.83. The molecule has 11 heteroatoms. The zero-order chi connectivity index (χ0) is 26.3. The predicted octanol–water partition coefficient (Wildman–Crippen LogP) is 2.59. The van der Waals surface area contributed by atoms with Gasteiger partial charge in [0.1, 0.15) is 11.9 Å². The summed E-state index contributed by atoms with van der Waals surface area (Å²) < 4.78 is 13.8. The van der Waals surface area contributed by atoms with Gasteiger partial charge in [-0.3, -0.25) is 14.6 Å². The molecule has 35 heavy (non-hydrogen) atoms. The number of carbonyl (C=O) groups is 3. The van der Waals surface area contributed by atoms with Crippen LogP contribution in [0.15, 0.2) is 53.5 Å². The highest BCUT2D eigenvalue weighted by molar-refractivity contribution is 6.20. The number of hydrogen-bond acceptors (Lipinski definition) is 6. The van der Waals surface area contributed by atoms with E-state index in [0.717, 1.165) is 0 Å². The number of halogens is 1. The number of carboxylic acid groups (broad SMARTS) is 2. The second kappa shape index (κ2) is 11.5. The first-order valence-electron chi connectivity index (χ1n) is 10.8. The van der Waals surface area contributed by atoms with Gasteiger partial charge < -0.3 is 20.4 Å². The molecule has 0 bridgehead atoms. The summed E-state index contributed by atoms with van der Waals surface area (Å²) in [5.41, 5.74) is 7.16. The lowest BCUT2D eigenvalue weighted by atomic mass is 10.0. The first kappa shape index (κ1) is 27.4. The number of carboxylic acids is 1. The van der Waals surface area contributed by atoms with Crippen LogP contribution in [0.3, 0.4) is 0 Å². The van der Waals surface area contributed by atoms with Crippen molar-refractivity contribution in [3.8, 4) is 0 Å².